The SMILES string of the molecule is Fc1cccc(-c2cn[nH]c2C2CCN(Cc3ccccn3)CC2)c1. The molecule has 0 bridgehead atoms. The summed E-state index contributed by atoms with van der Waals surface area (Å²) in [4.78, 5) is 6.85. The molecule has 4 rings (SSSR count). The van der Waals surface area contributed by atoms with Crippen LogP contribution in [0.25, 0.3) is 11.1 Å². The molecule has 0 aliphatic carbocycles. The van der Waals surface area contributed by atoms with E-state index >= 15 is 0 Å². The molecule has 4 nitrogen and oxygen atoms in total. The van der Waals surface area contributed by atoms with Crippen LogP contribution < -0.4 is 0 Å². The van der Waals surface area contributed by atoms with Crippen LogP contribution in [0.15, 0.2) is 54.9 Å². The van der Waals surface area contributed by atoms with Crippen molar-refractivity contribution in [1.29, 1.82) is 0 Å². The minimum Gasteiger partial charge on any atom is -0.297 e. The highest BCUT2D eigenvalue weighted by molar-refractivity contribution is 5.65. The van der Waals surface area contributed by atoms with Gasteiger partial charge in [-0.3, -0.25) is 15.0 Å². The zero-order valence-corrected chi connectivity index (χ0v) is 14.0. The second-order valence-corrected chi connectivity index (χ2v) is 6.58. The largest absolute Gasteiger partial charge is 0.297 e. The van der Waals surface area contributed by atoms with E-state index in [0.29, 0.717) is 5.92 Å². The van der Waals surface area contributed by atoms with E-state index in [9.17, 15) is 4.39 Å². The van der Waals surface area contributed by atoms with Gasteiger partial charge in [-0.2, -0.15) is 5.10 Å². The van der Waals surface area contributed by atoms with Gasteiger partial charge < -0.3 is 0 Å². The molecule has 3 heterocycles. The average Bonchev–Trinajstić information content (AvgIpc) is 3.13. The number of hydrogen-bond donors (Lipinski definition) is 1. The van der Waals surface area contributed by atoms with Crippen LogP contribution in [-0.4, -0.2) is 33.2 Å². The van der Waals surface area contributed by atoms with Gasteiger partial charge in [-0.1, -0.05) is 18.2 Å². The molecule has 0 radical (unpaired) electrons. The molecule has 0 amide bonds. The molecule has 128 valence electrons. The number of nitrogens with one attached hydrogen (secondary N) is 1. The van der Waals surface area contributed by atoms with Gasteiger partial charge >= 0.3 is 0 Å². The highest BCUT2D eigenvalue weighted by Crippen LogP contribution is 2.34. The fourth-order valence-electron chi connectivity index (χ4n) is 3.59. The maximum absolute atomic E-state index is 13.5. The highest BCUT2D eigenvalue weighted by Gasteiger charge is 2.24. The van der Waals surface area contributed by atoms with Gasteiger partial charge in [-0.15, -0.1) is 0 Å². The summed E-state index contributed by atoms with van der Waals surface area (Å²) in [5, 5.41) is 7.37. The van der Waals surface area contributed by atoms with Gasteiger partial charge in [-0.05, 0) is 55.8 Å². The number of hydrogen-bond acceptors (Lipinski definition) is 3. The summed E-state index contributed by atoms with van der Waals surface area (Å²) in [7, 11) is 0. The normalized spacial score (nSPS) is 16.2. The second kappa shape index (κ2) is 7.15. The number of likely N-dealkylation sites (tertiary alicyclic amines) is 1. The molecule has 25 heavy (non-hydrogen) atoms. The zero-order chi connectivity index (χ0) is 17.1. The molecule has 1 aliphatic rings. The number of aromatic amines is 1. The maximum Gasteiger partial charge on any atom is 0.123 e. The van der Waals surface area contributed by atoms with Crippen molar-refractivity contribution in [3.8, 4) is 11.1 Å². The third kappa shape index (κ3) is 3.61. The number of pyridine rings is 1. The molecule has 0 atom stereocenters. The Hall–Kier alpha value is -2.53. The Kier molecular flexibility index (Phi) is 4.57. The predicted octanol–water partition coefficient (Wildman–Crippen LogP) is 3.99. The Bertz CT molecular complexity index is 822. The fraction of sp³-hybridized carbons (Fsp3) is 0.300. The van der Waals surface area contributed by atoms with E-state index in [1.165, 1.54) is 6.07 Å². The Morgan fingerprint density at radius 2 is 2.00 bits per heavy atom. The van der Waals surface area contributed by atoms with Gasteiger partial charge in [0.15, 0.2) is 0 Å². The lowest BCUT2D eigenvalue weighted by atomic mass is 9.89. The highest BCUT2D eigenvalue weighted by atomic mass is 19.1. The molecule has 5 heteroatoms. The first-order valence-corrected chi connectivity index (χ1v) is 8.71. The van der Waals surface area contributed by atoms with Crippen molar-refractivity contribution in [2.24, 2.45) is 0 Å². The van der Waals surface area contributed by atoms with Gasteiger partial charge in [0.05, 0.1) is 11.9 Å². The number of piperidine rings is 1. The van der Waals surface area contributed by atoms with Crippen LogP contribution in [0, 0.1) is 5.82 Å². The van der Waals surface area contributed by atoms with E-state index < -0.39 is 0 Å². The number of halogens is 1. The van der Waals surface area contributed by atoms with Crippen LogP contribution in [-0.2, 0) is 6.54 Å². The van der Waals surface area contributed by atoms with Gasteiger partial charge in [0.2, 0.25) is 0 Å². The van der Waals surface area contributed by atoms with Crippen LogP contribution in [0.2, 0.25) is 0 Å². The first-order chi connectivity index (χ1) is 12.3. The summed E-state index contributed by atoms with van der Waals surface area (Å²) in [6.45, 7) is 2.96. The molecular weight excluding hydrogens is 315 g/mol. The summed E-state index contributed by atoms with van der Waals surface area (Å²) in [5.74, 6) is 0.218. The number of aromatic nitrogens is 3. The van der Waals surface area contributed by atoms with Crippen molar-refractivity contribution in [2.45, 2.75) is 25.3 Å². The summed E-state index contributed by atoms with van der Waals surface area (Å²) < 4.78 is 13.5. The van der Waals surface area contributed by atoms with Gasteiger partial charge in [-0.25, -0.2) is 4.39 Å². The summed E-state index contributed by atoms with van der Waals surface area (Å²) in [6.07, 6.45) is 5.79. The van der Waals surface area contributed by atoms with Crippen molar-refractivity contribution >= 4 is 0 Å². The minimum absolute atomic E-state index is 0.213. The smallest absolute Gasteiger partial charge is 0.123 e. The van der Waals surface area contributed by atoms with E-state index in [-0.39, 0.29) is 5.82 Å². The van der Waals surface area contributed by atoms with Crippen molar-refractivity contribution in [3.63, 3.8) is 0 Å². The monoisotopic (exact) mass is 336 g/mol. The Balaban J connectivity index is 1.44. The summed E-state index contributed by atoms with van der Waals surface area (Å²) in [5.41, 5.74) is 4.15. The van der Waals surface area contributed by atoms with E-state index in [0.717, 1.165) is 55.0 Å². The van der Waals surface area contributed by atoms with Gasteiger partial charge in [0.25, 0.3) is 0 Å². The Morgan fingerprint density at radius 3 is 2.76 bits per heavy atom. The van der Waals surface area contributed by atoms with Crippen molar-refractivity contribution in [3.05, 3.63) is 72.1 Å². The number of nitrogens with zero attached hydrogens (tertiary/aromatic N) is 3. The second-order valence-electron chi connectivity index (χ2n) is 6.58. The molecule has 3 aromatic rings. The molecule has 1 aromatic carbocycles. The molecule has 0 saturated carbocycles. The van der Waals surface area contributed by atoms with Crippen LogP contribution in [0.3, 0.4) is 0 Å². The summed E-state index contributed by atoms with van der Waals surface area (Å²) in [6, 6.07) is 12.8. The van der Waals surface area contributed by atoms with E-state index in [2.05, 4.69) is 26.1 Å². The third-order valence-electron chi connectivity index (χ3n) is 4.91. The van der Waals surface area contributed by atoms with Gasteiger partial charge in [0.1, 0.15) is 5.82 Å². The topological polar surface area (TPSA) is 44.8 Å². The number of H-pyrrole nitrogens is 1. The molecular formula is C20H21FN4. The minimum atomic E-state index is -0.213. The van der Waals surface area contributed by atoms with Crippen LogP contribution >= 0.6 is 0 Å². The van der Waals surface area contributed by atoms with Crippen LogP contribution in [0.4, 0.5) is 4.39 Å². The lowest BCUT2D eigenvalue weighted by molar-refractivity contribution is 0.201. The van der Waals surface area contributed by atoms with Crippen molar-refractivity contribution in [1.82, 2.24) is 20.1 Å². The molecule has 0 unspecified atom stereocenters. The predicted molar refractivity (Wildman–Crippen MR) is 95.5 cm³/mol. The quantitative estimate of drug-likeness (QED) is 0.783. The zero-order valence-electron chi connectivity index (χ0n) is 14.0. The van der Waals surface area contributed by atoms with E-state index in [1.54, 1.807) is 12.1 Å². The van der Waals surface area contributed by atoms with Gasteiger partial charge in [0, 0.05) is 29.9 Å². The molecule has 2 aromatic heterocycles. The molecule has 1 saturated heterocycles. The Labute approximate surface area is 146 Å². The number of rotatable bonds is 4. The van der Waals surface area contributed by atoms with Crippen LogP contribution in [0.1, 0.15) is 30.1 Å². The molecule has 0 spiro atoms. The number of benzene rings is 1. The van der Waals surface area contributed by atoms with E-state index in [1.807, 2.05) is 30.6 Å². The van der Waals surface area contributed by atoms with Crippen molar-refractivity contribution in [2.75, 3.05) is 13.1 Å². The fourth-order valence-corrected chi connectivity index (χ4v) is 3.59. The first-order valence-electron chi connectivity index (χ1n) is 8.71. The third-order valence-corrected chi connectivity index (χ3v) is 4.91. The summed E-state index contributed by atoms with van der Waals surface area (Å²) >= 11 is 0. The maximum atomic E-state index is 13.5. The lowest BCUT2D eigenvalue weighted by Gasteiger charge is -2.31. The van der Waals surface area contributed by atoms with Crippen molar-refractivity contribution < 1.29 is 4.39 Å². The Morgan fingerprint density at radius 1 is 1.12 bits per heavy atom. The molecule has 1 fully saturated rings. The molecule has 1 N–H and O–H groups in total. The lowest BCUT2D eigenvalue weighted by Crippen LogP contribution is -2.32. The average molecular weight is 336 g/mol. The standard InChI is InChI=1S/C20H21FN4/c21-17-5-3-4-16(12-17)19-13-23-24-20(19)15-7-10-25(11-8-15)14-18-6-1-2-9-22-18/h1-6,9,12-13,15H,7-8,10-11,14H2,(H,23,24). The molecule has 1 aliphatic heterocycles. The van der Waals surface area contributed by atoms with E-state index in [4.69, 9.17) is 0 Å². The first kappa shape index (κ1) is 16.0. The van der Waals surface area contributed by atoms with Crippen LogP contribution in [0.5, 0.6) is 0 Å².